The molecule has 0 atom stereocenters. The molecule has 0 radical (unpaired) electrons. The van der Waals surface area contributed by atoms with Crippen molar-refractivity contribution in [2.75, 3.05) is 45.1 Å². The SMILES string of the molecule is CN=C(NCCC(=O)Nc1cccc(Cl)c1C)NCCN1CCCCC1. The van der Waals surface area contributed by atoms with Crippen LogP contribution in [0, 0.1) is 6.92 Å². The number of benzene rings is 1. The Hall–Kier alpha value is -1.79. The van der Waals surface area contributed by atoms with Crippen molar-refractivity contribution >= 4 is 29.2 Å². The van der Waals surface area contributed by atoms with Crippen LogP contribution >= 0.6 is 11.6 Å². The quantitative estimate of drug-likeness (QED) is 0.503. The van der Waals surface area contributed by atoms with E-state index in [2.05, 4.69) is 25.8 Å². The van der Waals surface area contributed by atoms with Crippen LogP contribution in [0.3, 0.4) is 0 Å². The van der Waals surface area contributed by atoms with Crippen LogP contribution in [-0.4, -0.2) is 56.5 Å². The lowest BCUT2D eigenvalue weighted by Gasteiger charge is -2.26. The molecule has 3 N–H and O–H groups in total. The highest BCUT2D eigenvalue weighted by Gasteiger charge is 2.10. The van der Waals surface area contributed by atoms with Crippen LogP contribution in [0.15, 0.2) is 23.2 Å². The maximum absolute atomic E-state index is 12.1. The molecule has 7 heteroatoms. The number of rotatable bonds is 7. The van der Waals surface area contributed by atoms with Crippen LogP contribution < -0.4 is 16.0 Å². The summed E-state index contributed by atoms with van der Waals surface area (Å²) in [5.41, 5.74) is 1.64. The smallest absolute Gasteiger partial charge is 0.226 e. The second-order valence-corrected chi connectivity index (χ2v) is 6.95. The molecule has 0 aliphatic carbocycles. The van der Waals surface area contributed by atoms with Crippen molar-refractivity contribution in [3.8, 4) is 0 Å². The lowest BCUT2D eigenvalue weighted by atomic mass is 10.1. The molecule has 26 heavy (non-hydrogen) atoms. The number of hydrogen-bond donors (Lipinski definition) is 3. The van der Waals surface area contributed by atoms with Gasteiger partial charge in [-0.1, -0.05) is 24.1 Å². The highest BCUT2D eigenvalue weighted by atomic mass is 35.5. The molecule has 2 rings (SSSR count). The molecule has 1 aliphatic rings. The molecule has 144 valence electrons. The summed E-state index contributed by atoms with van der Waals surface area (Å²) in [7, 11) is 1.74. The third-order valence-electron chi connectivity index (χ3n) is 4.58. The molecule has 0 aromatic heterocycles. The van der Waals surface area contributed by atoms with E-state index in [0.29, 0.717) is 18.0 Å². The van der Waals surface area contributed by atoms with Crippen molar-refractivity contribution in [2.24, 2.45) is 4.99 Å². The average Bonchev–Trinajstić information content (AvgIpc) is 2.65. The van der Waals surface area contributed by atoms with E-state index in [1.807, 2.05) is 25.1 Å². The molecule has 1 amide bonds. The average molecular weight is 380 g/mol. The number of halogens is 1. The second kappa shape index (κ2) is 11.0. The van der Waals surface area contributed by atoms with Gasteiger partial charge in [0.15, 0.2) is 5.96 Å². The third kappa shape index (κ3) is 6.84. The fourth-order valence-electron chi connectivity index (χ4n) is 2.99. The van der Waals surface area contributed by atoms with Gasteiger partial charge in [-0.3, -0.25) is 9.79 Å². The number of amides is 1. The first-order valence-corrected chi connectivity index (χ1v) is 9.70. The fourth-order valence-corrected chi connectivity index (χ4v) is 3.16. The van der Waals surface area contributed by atoms with Crippen LogP contribution in [-0.2, 0) is 4.79 Å². The summed E-state index contributed by atoms with van der Waals surface area (Å²) < 4.78 is 0. The first-order chi connectivity index (χ1) is 12.6. The number of piperidine rings is 1. The lowest BCUT2D eigenvalue weighted by molar-refractivity contribution is -0.116. The fraction of sp³-hybridized carbons (Fsp3) is 0.579. The largest absolute Gasteiger partial charge is 0.356 e. The van der Waals surface area contributed by atoms with Crippen molar-refractivity contribution in [3.63, 3.8) is 0 Å². The van der Waals surface area contributed by atoms with Gasteiger partial charge in [0.05, 0.1) is 0 Å². The number of anilines is 1. The first-order valence-electron chi connectivity index (χ1n) is 9.32. The minimum Gasteiger partial charge on any atom is -0.356 e. The molecule has 6 nitrogen and oxygen atoms in total. The standard InChI is InChI=1S/C19H30ClN5O/c1-15-16(20)7-6-8-17(15)24-18(26)9-10-22-19(21-2)23-11-14-25-12-4-3-5-13-25/h6-8H,3-5,9-14H2,1-2H3,(H,24,26)(H2,21,22,23). The first kappa shape index (κ1) is 20.5. The van der Waals surface area contributed by atoms with E-state index in [-0.39, 0.29) is 5.91 Å². The molecular formula is C19H30ClN5O. The highest BCUT2D eigenvalue weighted by Crippen LogP contribution is 2.22. The maximum Gasteiger partial charge on any atom is 0.226 e. The molecule has 1 fully saturated rings. The molecule has 1 saturated heterocycles. The van der Waals surface area contributed by atoms with E-state index >= 15 is 0 Å². The number of carbonyl (C=O) groups excluding carboxylic acids is 1. The van der Waals surface area contributed by atoms with Gasteiger partial charge in [-0.05, 0) is 50.6 Å². The van der Waals surface area contributed by atoms with Gasteiger partial charge in [0.25, 0.3) is 0 Å². The van der Waals surface area contributed by atoms with Crippen molar-refractivity contribution in [3.05, 3.63) is 28.8 Å². The van der Waals surface area contributed by atoms with Gasteiger partial charge in [-0.15, -0.1) is 0 Å². The second-order valence-electron chi connectivity index (χ2n) is 6.54. The van der Waals surface area contributed by atoms with Gasteiger partial charge in [0.1, 0.15) is 0 Å². The summed E-state index contributed by atoms with van der Waals surface area (Å²) in [5.74, 6) is 0.681. The number of carbonyl (C=O) groups is 1. The van der Waals surface area contributed by atoms with Crippen molar-refractivity contribution in [2.45, 2.75) is 32.6 Å². The van der Waals surface area contributed by atoms with Crippen molar-refractivity contribution < 1.29 is 4.79 Å². The topological polar surface area (TPSA) is 68.8 Å². The lowest BCUT2D eigenvalue weighted by Crippen LogP contribution is -2.43. The van der Waals surface area contributed by atoms with Crippen LogP contribution in [0.25, 0.3) is 0 Å². The van der Waals surface area contributed by atoms with E-state index in [0.717, 1.165) is 30.3 Å². The summed E-state index contributed by atoms with van der Waals surface area (Å²) in [4.78, 5) is 18.8. The van der Waals surface area contributed by atoms with Gasteiger partial charge < -0.3 is 20.9 Å². The molecule has 1 heterocycles. The van der Waals surface area contributed by atoms with Crippen LogP contribution in [0.2, 0.25) is 5.02 Å². The molecule has 0 saturated carbocycles. The summed E-state index contributed by atoms with van der Waals surface area (Å²) in [6, 6.07) is 5.50. The predicted octanol–water partition coefficient (Wildman–Crippen LogP) is 2.63. The molecule has 0 spiro atoms. The molecule has 1 aromatic rings. The van der Waals surface area contributed by atoms with Crippen LogP contribution in [0.4, 0.5) is 5.69 Å². The molecule has 1 aliphatic heterocycles. The Balaban J connectivity index is 1.64. The van der Waals surface area contributed by atoms with Gasteiger partial charge in [-0.25, -0.2) is 0 Å². The zero-order chi connectivity index (χ0) is 18.8. The van der Waals surface area contributed by atoms with Gasteiger partial charge in [0.2, 0.25) is 5.91 Å². The van der Waals surface area contributed by atoms with Crippen molar-refractivity contribution in [1.82, 2.24) is 15.5 Å². The normalized spacial score (nSPS) is 15.6. The Morgan fingerprint density at radius 3 is 2.65 bits per heavy atom. The number of hydrogen-bond acceptors (Lipinski definition) is 3. The number of guanidine groups is 1. The number of aliphatic imine (C=N–C) groups is 1. The monoisotopic (exact) mass is 379 g/mol. The summed E-state index contributed by atoms with van der Waals surface area (Å²) in [5, 5.41) is 10.0. The molecule has 0 unspecified atom stereocenters. The van der Waals surface area contributed by atoms with E-state index in [4.69, 9.17) is 11.6 Å². The maximum atomic E-state index is 12.1. The Labute approximate surface area is 161 Å². The van der Waals surface area contributed by atoms with Gasteiger partial charge >= 0.3 is 0 Å². The minimum absolute atomic E-state index is 0.0494. The van der Waals surface area contributed by atoms with E-state index < -0.39 is 0 Å². The molecular weight excluding hydrogens is 350 g/mol. The number of likely N-dealkylation sites (tertiary alicyclic amines) is 1. The van der Waals surface area contributed by atoms with Gasteiger partial charge in [0, 0.05) is 43.8 Å². The molecule has 1 aromatic carbocycles. The third-order valence-corrected chi connectivity index (χ3v) is 4.99. The van der Waals surface area contributed by atoms with Crippen molar-refractivity contribution in [1.29, 1.82) is 0 Å². The Morgan fingerprint density at radius 2 is 1.92 bits per heavy atom. The summed E-state index contributed by atoms with van der Waals surface area (Å²) in [6.07, 6.45) is 4.31. The number of nitrogens with one attached hydrogen (secondary N) is 3. The zero-order valence-electron chi connectivity index (χ0n) is 15.8. The Bertz CT molecular complexity index is 614. The molecule has 0 bridgehead atoms. The summed E-state index contributed by atoms with van der Waals surface area (Å²) in [6.45, 7) is 6.68. The van der Waals surface area contributed by atoms with Crippen LogP contribution in [0.5, 0.6) is 0 Å². The van der Waals surface area contributed by atoms with E-state index in [1.54, 1.807) is 7.05 Å². The van der Waals surface area contributed by atoms with Gasteiger partial charge in [-0.2, -0.15) is 0 Å². The zero-order valence-corrected chi connectivity index (χ0v) is 16.5. The van der Waals surface area contributed by atoms with E-state index in [1.165, 1.54) is 32.4 Å². The van der Waals surface area contributed by atoms with Crippen LogP contribution in [0.1, 0.15) is 31.2 Å². The summed E-state index contributed by atoms with van der Waals surface area (Å²) >= 11 is 6.08. The number of nitrogens with zero attached hydrogens (tertiary/aromatic N) is 2. The predicted molar refractivity (Wildman–Crippen MR) is 109 cm³/mol. The Morgan fingerprint density at radius 1 is 1.19 bits per heavy atom. The van der Waals surface area contributed by atoms with E-state index in [9.17, 15) is 4.79 Å². The Kier molecular flexibility index (Phi) is 8.71. The highest BCUT2D eigenvalue weighted by molar-refractivity contribution is 6.31. The minimum atomic E-state index is -0.0494.